The van der Waals surface area contributed by atoms with Crippen molar-refractivity contribution in [3.8, 4) is 0 Å². The van der Waals surface area contributed by atoms with Crippen molar-refractivity contribution in [2.24, 2.45) is 5.92 Å². The number of esters is 2. The number of rotatable bonds is 1. The van der Waals surface area contributed by atoms with Crippen LogP contribution in [0.5, 0.6) is 0 Å². The van der Waals surface area contributed by atoms with Crippen LogP contribution >= 0.6 is 0 Å². The highest BCUT2D eigenvalue weighted by atomic mass is 17.2. The highest BCUT2D eigenvalue weighted by Crippen LogP contribution is 2.38. The molecule has 3 heterocycles. The van der Waals surface area contributed by atoms with Crippen molar-refractivity contribution in [2.45, 2.75) is 83.7 Å². The van der Waals surface area contributed by atoms with Gasteiger partial charge in [-0.05, 0) is 64.5 Å². The average molecular weight is 390 g/mol. The van der Waals surface area contributed by atoms with Crippen LogP contribution in [-0.2, 0) is 28.8 Å². The van der Waals surface area contributed by atoms with Crippen molar-refractivity contribution < 1.29 is 28.8 Å². The summed E-state index contributed by atoms with van der Waals surface area (Å²) >= 11 is 0. The third-order valence-corrected chi connectivity index (χ3v) is 6.05. The summed E-state index contributed by atoms with van der Waals surface area (Å²) in [7, 11) is 0. The Kier molecular flexibility index (Phi) is 6.10. The third kappa shape index (κ3) is 4.39. The summed E-state index contributed by atoms with van der Waals surface area (Å²) in [4.78, 5) is 35.2. The van der Waals surface area contributed by atoms with Crippen LogP contribution in [0, 0.1) is 5.92 Å². The third-order valence-electron chi connectivity index (χ3n) is 6.05. The van der Waals surface area contributed by atoms with E-state index in [4.69, 9.17) is 19.2 Å². The van der Waals surface area contributed by atoms with Crippen molar-refractivity contribution in [1.29, 1.82) is 0 Å². The second kappa shape index (κ2) is 8.21. The molecular formula is C22H30O6. The maximum Gasteiger partial charge on any atom is 0.334 e. The SMILES string of the molecule is C=C1C(=O)O[C@H]2/C=C(\C)CC[C@@H](OC(C)=O)[C@@]3(C)CC[C@H](OO3)/C(C)=C\C[C@@H]12. The van der Waals surface area contributed by atoms with E-state index in [-0.39, 0.29) is 30.1 Å². The largest absolute Gasteiger partial charge is 0.459 e. The van der Waals surface area contributed by atoms with Gasteiger partial charge in [0.25, 0.3) is 0 Å². The molecule has 0 unspecified atom stereocenters. The number of ether oxygens (including phenoxy) is 2. The Hall–Kier alpha value is -1.92. The van der Waals surface area contributed by atoms with E-state index in [0.29, 0.717) is 24.8 Å². The van der Waals surface area contributed by atoms with Crippen molar-refractivity contribution in [2.75, 3.05) is 0 Å². The molecule has 0 aromatic rings. The molecule has 3 aliphatic heterocycles. The smallest absolute Gasteiger partial charge is 0.334 e. The predicted molar refractivity (Wildman–Crippen MR) is 103 cm³/mol. The van der Waals surface area contributed by atoms with Crippen LogP contribution in [-0.4, -0.2) is 35.9 Å². The van der Waals surface area contributed by atoms with Crippen LogP contribution in [0.3, 0.4) is 0 Å². The van der Waals surface area contributed by atoms with E-state index in [2.05, 4.69) is 12.7 Å². The molecule has 0 radical (unpaired) electrons. The van der Waals surface area contributed by atoms with Gasteiger partial charge in [-0.25, -0.2) is 14.6 Å². The van der Waals surface area contributed by atoms with E-state index in [0.717, 1.165) is 24.0 Å². The Labute approximate surface area is 166 Å². The molecule has 0 aromatic carbocycles. The minimum absolute atomic E-state index is 0.0839. The minimum atomic E-state index is -0.691. The molecule has 6 nitrogen and oxygen atoms in total. The zero-order valence-corrected chi connectivity index (χ0v) is 17.2. The number of hydrogen-bond acceptors (Lipinski definition) is 6. The summed E-state index contributed by atoms with van der Waals surface area (Å²) in [6.07, 6.45) is 6.66. The van der Waals surface area contributed by atoms with Crippen molar-refractivity contribution in [3.63, 3.8) is 0 Å². The van der Waals surface area contributed by atoms with Crippen LogP contribution in [0.25, 0.3) is 0 Å². The molecule has 2 bridgehead atoms. The molecule has 154 valence electrons. The minimum Gasteiger partial charge on any atom is -0.459 e. The van der Waals surface area contributed by atoms with Crippen LogP contribution in [0.1, 0.15) is 59.8 Å². The first-order chi connectivity index (χ1) is 13.2. The quantitative estimate of drug-likeness (QED) is 0.292. The van der Waals surface area contributed by atoms with E-state index >= 15 is 0 Å². The molecule has 0 N–H and O–H groups in total. The molecule has 4 rings (SSSR count). The first-order valence-corrected chi connectivity index (χ1v) is 9.95. The maximum atomic E-state index is 12.0. The lowest BCUT2D eigenvalue weighted by atomic mass is 9.85. The van der Waals surface area contributed by atoms with Gasteiger partial charge in [0.15, 0.2) is 0 Å². The second-order valence-electron chi connectivity index (χ2n) is 8.35. The van der Waals surface area contributed by atoms with Crippen LogP contribution < -0.4 is 0 Å². The van der Waals surface area contributed by atoms with E-state index in [9.17, 15) is 9.59 Å². The summed E-state index contributed by atoms with van der Waals surface area (Å²) < 4.78 is 11.1. The van der Waals surface area contributed by atoms with Gasteiger partial charge >= 0.3 is 11.9 Å². The highest BCUT2D eigenvalue weighted by Gasteiger charge is 2.44. The zero-order chi connectivity index (χ0) is 20.5. The first-order valence-electron chi connectivity index (χ1n) is 9.95. The van der Waals surface area contributed by atoms with Gasteiger partial charge in [-0.1, -0.05) is 18.2 Å². The lowest BCUT2D eigenvalue weighted by Gasteiger charge is -2.41. The fourth-order valence-corrected chi connectivity index (χ4v) is 4.11. The summed E-state index contributed by atoms with van der Waals surface area (Å²) in [6.45, 7) is 11.3. The fourth-order valence-electron chi connectivity index (χ4n) is 4.11. The van der Waals surface area contributed by atoms with E-state index in [1.165, 1.54) is 6.92 Å². The Morgan fingerprint density at radius 1 is 1.32 bits per heavy atom. The molecule has 1 aliphatic carbocycles. The van der Waals surface area contributed by atoms with Crippen LogP contribution in [0.15, 0.2) is 35.5 Å². The molecule has 0 aromatic heterocycles. The molecule has 2 saturated heterocycles. The monoisotopic (exact) mass is 390 g/mol. The second-order valence-corrected chi connectivity index (χ2v) is 8.35. The van der Waals surface area contributed by atoms with Gasteiger partial charge in [0.1, 0.15) is 23.9 Å². The van der Waals surface area contributed by atoms with Gasteiger partial charge in [0.05, 0.1) is 0 Å². The summed E-state index contributed by atoms with van der Waals surface area (Å²) in [5.74, 6) is -0.753. The molecule has 5 atom stereocenters. The molecular weight excluding hydrogens is 360 g/mol. The van der Waals surface area contributed by atoms with Gasteiger partial charge < -0.3 is 9.47 Å². The van der Waals surface area contributed by atoms with Crippen LogP contribution in [0.4, 0.5) is 0 Å². The van der Waals surface area contributed by atoms with Crippen molar-refractivity contribution in [1.82, 2.24) is 0 Å². The molecule has 0 amide bonds. The van der Waals surface area contributed by atoms with Gasteiger partial charge in [-0.3, -0.25) is 4.79 Å². The number of allylic oxidation sites excluding steroid dienone is 2. The molecule has 4 aliphatic rings. The Morgan fingerprint density at radius 3 is 2.71 bits per heavy atom. The summed E-state index contributed by atoms with van der Waals surface area (Å²) in [5.41, 5.74) is 1.94. The molecule has 28 heavy (non-hydrogen) atoms. The fraction of sp³-hybridized carbons (Fsp3) is 0.636. The van der Waals surface area contributed by atoms with Crippen molar-refractivity contribution >= 4 is 11.9 Å². The van der Waals surface area contributed by atoms with Gasteiger partial charge in [-0.2, -0.15) is 0 Å². The van der Waals surface area contributed by atoms with Gasteiger partial charge in [0.2, 0.25) is 0 Å². The molecule has 0 spiro atoms. The Bertz CT molecular complexity index is 711. The lowest BCUT2D eigenvalue weighted by molar-refractivity contribution is -0.412. The normalized spacial score (nSPS) is 40.4. The predicted octanol–water partition coefficient (Wildman–Crippen LogP) is 3.96. The molecule has 2 fully saturated rings. The average Bonchev–Trinajstić information content (AvgIpc) is 2.89. The van der Waals surface area contributed by atoms with E-state index in [1.54, 1.807) is 0 Å². The van der Waals surface area contributed by atoms with E-state index < -0.39 is 11.7 Å². The van der Waals surface area contributed by atoms with Gasteiger partial charge in [-0.15, -0.1) is 0 Å². The zero-order valence-electron chi connectivity index (χ0n) is 17.2. The lowest BCUT2D eigenvalue weighted by Crippen LogP contribution is -2.49. The molecule has 0 saturated carbocycles. The first kappa shape index (κ1) is 20.8. The maximum absolute atomic E-state index is 12.0. The summed E-state index contributed by atoms with van der Waals surface area (Å²) in [5, 5.41) is 0. The highest BCUT2D eigenvalue weighted by molar-refractivity contribution is 5.91. The number of carbonyl (C=O) groups excluding carboxylic acids is 2. The number of fused-ring (bicyclic) bond motifs is 6. The van der Waals surface area contributed by atoms with Crippen LogP contribution in [0.2, 0.25) is 0 Å². The topological polar surface area (TPSA) is 71.1 Å². The van der Waals surface area contributed by atoms with Crippen molar-refractivity contribution in [3.05, 3.63) is 35.5 Å². The number of carbonyl (C=O) groups is 2. The Balaban J connectivity index is 1.91. The van der Waals surface area contributed by atoms with E-state index in [1.807, 2.05) is 26.8 Å². The molecule has 6 heteroatoms. The Morgan fingerprint density at radius 2 is 2.07 bits per heavy atom. The van der Waals surface area contributed by atoms with Gasteiger partial charge in [0, 0.05) is 18.4 Å². The number of hydrogen-bond donors (Lipinski definition) is 0. The summed E-state index contributed by atoms with van der Waals surface area (Å²) in [6, 6.07) is 0. The standard InChI is InChI=1S/C22H30O6/c1-13-6-9-20(25-16(4)23)22(5)11-10-18(27-28-22)14(2)7-8-17-15(3)21(24)26-19(17)12-13/h7,12,17-20H,3,6,8-11H2,1-2,4-5H3/b13-12+,14-7-/t17-,18-,19-,20+,22+/m0/s1.